The van der Waals surface area contributed by atoms with Crippen molar-refractivity contribution in [3.05, 3.63) is 66.6 Å². The second kappa shape index (κ2) is 7.49. The third-order valence-corrected chi connectivity index (χ3v) is 5.22. The Hall–Kier alpha value is -2.72. The number of benzene rings is 1. The van der Waals surface area contributed by atoms with Crippen molar-refractivity contribution >= 4 is 10.0 Å². The molecule has 0 aliphatic rings. The number of pyridine rings is 1. The SMILES string of the molecule is O=S(=O)(NCCn1ccnc1-c1ccccn1)c1ccc(C(F)(F)F)cc1. The molecule has 6 nitrogen and oxygen atoms in total. The molecule has 0 atom stereocenters. The van der Waals surface area contributed by atoms with Crippen LogP contribution in [0.4, 0.5) is 13.2 Å². The third kappa shape index (κ3) is 4.52. The van der Waals surface area contributed by atoms with Crippen molar-refractivity contribution in [2.24, 2.45) is 0 Å². The van der Waals surface area contributed by atoms with Gasteiger partial charge in [0.2, 0.25) is 10.0 Å². The Morgan fingerprint density at radius 1 is 1.00 bits per heavy atom. The van der Waals surface area contributed by atoms with Gasteiger partial charge in [-0.1, -0.05) is 6.07 Å². The van der Waals surface area contributed by atoms with Crippen LogP contribution in [0.1, 0.15) is 5.56 Å². The van der Waals surface area contributed by atoms with E-state index in [9.17, 15) is 21.6 Å². The van der Waals surface area contributed by atoms with Crippen LogP contribution in [-0.4, -0.2) is 29.5 Å². The van der Waals surface area contributed by atoms with E-state index in [0.717, 1.165) is 24.3 Å². The molecule has 0 aliphatic carbocycles. The van der Waals surface area contributed by atoms with Crippen LogP contribution in [0.3, 0.4) is 0 Å². The minimum absolute atomic E-state index is 0.0412. The van der Waals surface area contributed by atoms with Gasteiger partial charge in [-0.05, 0) is 36.4 Å². The van der Waals surface area contributed by atoms with Crippen LogP contribution in [0.15, 0.2) is 66.0 Å². The lowest BCUT2D eigenvalue weighted by molar-refractivity contribution is -0.137. The summed E-state index contributed by atoms with van der Waals surface area (Å²) in [5.74, 6) is 0.587. The molecule has 0 radical (unpaired) electrons. The summed E-state index contributed by atoms with van der Waals surface area (Å²) in [5, 5.41) is 0. The smallest absolute Gasteiger partial charge is 0.328 e. The van der Waals surface area contributed by atoms with E-state index >= 15 is 0 Å². The Balaban J connectivity index is 1.66. The molecule has 0 saturated carbocycles. The molecule has 0 spiro atoms. The molecule has 0 saturated heterocycles. The van der Waals surface area contributed by atoms with Crippen LogP contribution in [0.5, 0.6) is 0 Å². The lowest BCUT2D eigenvalue weighted by Gasteiger charge is -2.11. The highest BCUT2D eigenvalue weighted by molar-refractivity contribution is 7.89. The summed E-state index contributed by atoms with van der Waals surface area (Å²) in [7, 11) is -3.92. The lowest BCUT2D eigenvalue weighted by Crippen LogP contribution is -2.27. The zero-order valence-electron chi connectivity index (χ0n) is 13.9. The summed E-state index contributed by atoms with van der Waals surface area (Å²) >= 11 is 0. The van der Waals surface area contributed by atoms with Crippen LogP contribution in [-0.2, 0) is 22.7 Å². The Bertz CT molecular complexity index is 1000. The fourth-order valence-corrected chi connectivity index (χ4v) is 3.45. The van der Waals surface area contributed by atoms with E-state index in [1.807, 2.05) is 6.07 Å². The van der Waals surface area contributed by atoms with E-state index in [0.29, 0.717) is 11.5 Å². The number of nitrogens with zero attached hydrogens (tertiary/aromatic N) is 3. The Morgan fingerprint density at radius 2 is 1.74 bits per heavy atom. The predicted molar refractivity (Wildman–Crippen MR) is 92.1 cm³/mol. The fraction of sp³-hybridized carbons (Fsp3) is 0.176. The van der Waals surface area contributed by atoms with Crippen LogP contribution in [0, 0.1) is 0 Å². The molecule has 0 bridgehead atoms. The highest BCUT2D eigenvalue weighted by atomic mass is 32.2. The quantitative estimate of drug-likeness (QED) is 0.695. The van der Waals surface area contributed by atoms with Gasteiger partial charge in [-0.15, -0.1) is 0 Å². The first kappa shape index (κ1) is 19.1. The van der Waals surface area contributed by atoms with E-state index in [1.54, 1.807) is 35.3 Å². The monoisotopic (exact) mass is 396 g/mol. The Kier molecular flexibility index (Phi) is 5.29. The first-order valence-corrected chi connectivity index (χ1v) is 9.35. The minimum atomic E-state index is -4.51. The van der Waals surface area contributed by atoms with Gasteiger partial charge in [0.1, 0.15) is 5.69 Å². The number of hydrogen-bond acceptors (Lipinski definition) is 4. The molecule has 0 fully saturated rings. The summed E-state index contributed by atoms with van der Waals surface area (Å²) in [5.41, 5.74) is -0.257. The van der Waals surface area contributed by atoms with E-state index in [1.165, 1.54) is 0 Å². The van der Waals surface area contributed by atoms with Crippen molar-refractivity contribution in [3.63, 3.8) is 0 Å². The van der Waals surface area contributed by atoms with E-state index < -0.39 is 21.8 Å². The molecule has 1 N–H and O–H groups in total. The maximum atomic E-state index is 12.6. The van der Waals surface area contributed by atoms with Gasteiger partial charge in [-0.3, -0.25) is 4.98 Å². The van der Waals surface area contributed by atoms with Crippen molar-refractivity contribution in [2.75, 3.05) is 6.54 Å². The standard InChI is InChI=1S/C17H15F3N4O2S/c18-17(19,20)13-4-6-14(7-5-13)27(25,26)23-10-12-24-11-9-22-16(24)15-3-1-2-8-21-15/h1-9,11,23H,10,12H2. The normalized spacial score (nSPS) is 12.3. The largest absolute Gasteiger partial charge is 0.416 e. The molecule has 0 amide bonds. The van der Waals surface area contributed by atoms with Gasteiger partial charge >= 0.3 is 6.18 Å². The number of aromatic nitrogens is 3. The fourth-order valence-electron chi connectivity index (χ4n) is 2.42. The highest BCUT2D eigenvalue weighted by Crippen LogP contribution is 2.29. The second-order valence-corrected chi connectivity index (χ2v) is 7.35. The van der Waals surface area contributed by atoms with Crippen molar-refractivity contribution in [3.8, 4) is 11.5 Å². The minimum Gasteiger partial charge on any atom is -0.328 e. The number of halogens is 3. The van der Waals surface area contributed by atoms with Gasteiger partial charge < -0.3 is 4.57 Å². The van der Waals surface area contributed by atoms with Gasteiger partial charge in [0.15, 0.2) is 5.82 Å². The first-order valence-electron chi connectivity index (χ1n) is 7.87. The van der Waals surface area contributed by atoms with Crippen LogP contribution in [0.25, 0.3) is 11.5 Å². The molecule has 0 unspecified atom stereocenters. The lowest BCUT2D eigenvalue weighted by atomic mass is 10.2. The number of hydrogen-bond donors (Lipinski definition) is 1. The van der Waals surface area contributed by atoms with E-state index in [-0.39, 0.29) is 18.0 Å². The highest BCUT2D eigenvalue weighted by Gasteiger charge is 2.30. The Labute approximate surface area is 153 Å². The van der Waals surface area contributed by atoms with Gasteiger partial charge in [0.25, 0.3) is 0 Å². The summed E-state index contributed by atoms with van der Waals surface area (Å²) in [6.45, 7) is 0.325. The average Bonchev–Trinajstić information content (AvgIpc) is 3.10. The molecular weight excluding hydrogens is 381 g/mol. The molecule has 3 aromatic rings. The maximum absolute atomic E-state index is 12.6. The molecule has 1 aromatic carbocycles. The van der Waals surface area contributed by atoms with Crippen molar-refractivity contribution in [1.29, 1.82) is 0 Å². The molecule has 2 heterocycles. The zero-order valence-corrected chi connectivity index (χ0v) is 14.7. The van der Waals surface area contributed by atoms with Crippen molar-refractivity contribution < 1.29 is 21.6 Å². The van der Waals surface area contributed by atoms with Crippen LogP contribution >= 0.6 is 0 Å². The number of rotatable bonds is 6. The molecule has 142 valence electrons. The average molecular weight is 396 g/mol. The molecule has 2 aromatic heterocycles. The summed E-state index contributed by atoms with van der Waals surface area (Å²) < 4.78 is 66.3. The first-order chi connectivity index (χ1) is 12.8. The van der Waals surface area contributed by atoms with Crippen molar-refractivity contribution in [1.82, 2.24) is 19.3 Å². The maximum Gasteiger partial charge on any atom is 0.416 e. The molecule has 27 heavy (non-hydrogen) atoms. The van der Waals surface area contributed by atoms with Crippen LogP contribution in [0.2, 0.25) is 0 Å². The molecule has 10 heteroatoms. The molecule has 0 aliphatic heterocycles. The van der Waals surface area contributed by atoms with E-state index in [2.05, 4.69) is 14.7 Å². The molecular formula is C17H15F3N4O2S. The van der Waals surface area contributed by atoms with Crippen molar-refractivity contribution in [2.45, 2.75) is 17.6 Å². The topological polar surface area (TPSA) is 76.9 Å². The second-order valence-electron chi connectivity index (χ2n) is 5.58. The van der Waals surface area contributed by atoms with Gasteiger partial charge in [0.05, 0.1) is 10.5 Å². The van der Waals surface area contributed by atoms with Gasteiger partial charge in [-0.2, -0.15) is 13.2 Å². The number of imidazole rings is 1. The zero-order chi connectivity index (χ0) is 19.5. The van der Waals surface area contributed by atoms with E-state index in [4.69, 9.17) is 0 Å². The molecule has 3 rings (SSSR count). The summed E-state index contributed by atoms with van der Waals surface area (Å²) in [6, 6.07) is 8.71. The number of sulfonamides is 1. The summed E-state index contributed by atoms with van der Waals surface area (Å²) in [6.07, 6.45) is 0.380. The number of nitrogens with one attached hydrogen (secondary N) is 1. The number of alkyl halides is 3. The Morgan fingerprint density at radius 3 is 2.37 bits per heavy atom. The van der Waals surface area contributed by atoms with Gasteiger partial charge in [0, 0.05) is 31.7 Å². The summed E-state index contributed by atoms with van der Waals surface area (Å²) in [4.78, 5) is 8.18. The van der Waals surface area contributed by atoms with Gasteiger partial charge in [-0.25, -0.2) is 18.1 Å². The third-order valence-electron chi connectivity index (χ3n) is 3.75. The predicted octanol–water partition coefficient (Wildman–Crippen LogP) is 2.94. The van der Waals surface area contributed by atoms with Crippen LogP contribution < -0.4 is 4.72 Å².